The molecule has 1 amide bonds. The van der Waals surface area contributed by atoms with Crippen LogP contribution in [0.15, 0.2) is 59.1 Å². The van der Waals surface area contributed by atoms with E-state index < -0.39 is 0 Å². The Morgan fingerprint density at radius 2 is 1.70 bits per heavy atom. The van der Waals surface area contributed by atoms with Crippen molar-refractivity contribution in [1.29, 1.82) is 0 Å². The molecule has 0 saturated carbocycles. The lowest BCUT2D eigenvalue weighted by Gasteiger charge is -2.28. The van der Waals surface area contributed by atoms with Crippen LogP contribution in [0.2, 0.25) is 0 Å². The topological polar surface area (TPSA) is 58.4 Å². The molecule has 5 nitrogen and oxygen atoms in total. The van der Waals surface area contributed by atoms with Crippen molar-refractivity contribution in [3.05, 3.63) is 65.9 Å². The second-order valence-electron chi connectivity index (χ2n) is 6.88. The van der Waals surface area contributed by atoms with Crippen molar-refractivity contribution in [2.24, 2.45) is 0 Å². The summed E-state index contributed by atoms with van der Waals surface area (Å²) in [4.78, 5) is 15.3. The zero-order valence-electron chi connectivity index (χ0n) is 15.4. The van der Waals surface area contributed by atoms with Crippen molar-refractivity contribution < 1.29 is 9.32 Å². The smallest absolute Gasteiger partial charge is 0.261 e. The molecule has 0 spiro atoms. The minimum atomic E-state index is -0.210. The molecule has 0 aliphatic carbocycles. The monoisotopic (exact) mass is 361 g/mol. The predicted octanol–water partition coefficient (Wildman–Crippen LogP) is 4.89. The van der Waals surface area contributed by atoms with E-state index in [4.69, 9.17) is 4.52 Å². The summed E-state index contributed by atoms with van der Waals surface area (Å²) < 4.78 is 5.29. The van der Waals surface area contributed by atoms with Crippen LogP contribution in [0.1, 0.15) is 35.4 Å². The van der Waals surface area contributed by atoms with Gasteiger partial charge in [0.1, 0.15) is 17.0 Å². The molecule has 0 bridgehead atoms. The van der Waals surface area contributed by atoms with Gasteiger partial charge in [-0.25, -0.2) is 0 Å². The number of nitrogens with one attached hydrogen (secondary N) is 1. The molecule has 1 N–H and O–H groups in total. The maximum absolute atomic E-state index is 12.9. The van der Waals surface area contributed by atoms with Gasteiger partial charge in [0.15, 0.2) is 0 Å². The van der Waals surface area contributed by atoms with E-state index in [1.807, 2.05) is 42.5 Å². The first kappa shape index (κ1) is 17.3. The second-order valence-corrected chi connectivity index (χ2v) is 6.88. The lowest BCUT2D eigenvalue weighted by molar-refractivity contribution is 0.102. The molecule has 27 heavy (non-hydrogen) atoms. The average molecular weight is 361 g/mol. The lowest BCUT2D eigenvalue weighted by atomic mass is 10.1. The van der Waals surface area contributed by atoms with E-state index in [9.17, 15) is 4.79 Å². The Labute approximate surface area is 159 Å². The third-order valence-electron chi connectivity index (χ3n) is 4.98. The van der Waals surface area contributed by atoms with Crippen LogP contribution in [0.25, 0.3) is 11.3 Å². The standard InChI is InChI=1S/C22H23N3O2/c1-16-20(21(24-27-16)17-8-4-2-5-9-17)22(26)23-18-10-12-19(13-11-18)25-14-6-3-7-15-25/h2,4-5,8-13H,3,6-7,14-15H2,1H3,(H,23,26). The van der Waals surface area contributed by atoms with Gasteiger partial charge in [0.25, 0.3) is 5.91 Å². The van der Waals surface area contributed by atoms with Gasteiger partial charge in [-0.3, -0.25) is 4.79 Å². The summed E-state index contributed by atoms with van der Waals surface area (Å²) in [7, 11) is 0. The highest BCUT2D eigenvalue weighted by Crippen LogP contribution is 2.27. The molecule has 1 saturated heterocycles. The van der Waals surface area contributed by atoms with Gasteiger partial charge in [0.05, 0.1) is 0 Å². The van der Waals surface area contributed by atoms with Crippen molar-refractivity contribution in [1.82, 2.24) is 5.16 Å². The van der Waals surface area contributed by atoms with Crippen LogP contribution in [0.5, 0.6) is 0 Å². The molecule has 1 aliphatic heterocycles. The minimum Gasteiger partial charge on any atom is -0.372 e. The summed E-state index contributed by atoms with van der Waals surface area (Å²) in [5.41, 5.74) is 3.87. The summed E-state index contributed by atoms with van der Waals surface area (Å²) in [6.07, 6.45) is 3.80. The number of piperidine rings is 1. The van der Waals surface area contributed by atoms with Crippen molar-refractivity contribution in [3.63, 3.8) is 0 Å². The molecule has 3 aromatic rings. The molecular weight excluding hydrogens is 338 g/mol. The van der Waals surface area contributed by atoms with Gasteiger partial charge < -0.3 is 14.7 Å². The van der Waals surface area contributed by atoms with Gasteiger partial charge in [-0.15, -0.1) is 0 Å². The predicted molar refractivity (Wildman–Crippen MR) is 107 cm³/mol. The molecule has 2 aromatic carbocycles. The van der Waals surface area contributed by atoms with E-state index in [-0.39, 0.29) is 5.91 Å². The number of amides is 1. The van der Waals surface area contributed by atoms with E-state index in [1.165, 1.54) is 24.9 Å². The van der Waals surface area contributed by atoms with E-state index in [1.54, 1.807) is 6.92 Å². The highest BCUT2D eigenvalue weighted by atomic mass is 16.5. The molecule has 1 fully saturated rings. The largest absolute Gasteiger partial charge is 0.372 e. The maximum Gasteiger partial charge on any atom is 0.261 e. The number of carbonyl (C=O) groups excluding carboxylic acids is 1. The van der Waals surface area contributed by atoms with Crippen molar-refractivity contribution in [2.75, 3.05) is 23.3 Å². The van der Waals surface area contributed by atoms with Gasteiger partial charge in [-0.05, 0) is 50.5 Å². The molecule has 1 aromatic heterocycles. The van der Waals surface area contributed by atoms with Gasteiger partial charge in [-0.2, -0.15) is 0 Å². The first-order valence-corrected chi connectivity index (χ1v) is 9.40. The molecule has 1 aliphatic rings. The number of hydrogen-bond donors (Lipinski definition) is 1. The molecule has 0 radical (unpaired) electrons. The summed E-state index contributed by atoms with van der Waals surface area (Å²) in [6, 6.07) is 17.6. The highest BCUT2D eigenvalue weighted by molar-refractivity contribution is 6.08. The maximum atomic E-state index is 12.9. The number of benzene rings is 2. The molecule has 138 valence electrons. The first-order valence-electron chi connectivity index (χ1n) is 9.40. The zero-order valence-corrected chi connectivity index (χ0v) is 15.4. The minimum absolute atomic E-state index is 0.210. The van der Waals surface area contributed by atoms with Gasteiger partial charge in [0, 0.05) is 30.0 Å². The zero-order chi connectivity index (χ0) is 18.6. The normalized spacial score (nSPS) is 14.2. The number of anilines is 2. The number of hydrogen-bond acceptors (Lipinski definition) is 4. The van der Waals surface area contributed by atoms with Crippen LogP contribution in [0, 0.1) is 6.92 Å². The summed E-state index contributed by atoms with van der Waals surface area (Å²) in [5.74, 6) is 0.301. The van der Waals surface area contributed by atoms with Crippen LogP contribution >= 0.6 is 0 Å². The lowest BCUT2D eigenvalue weighted by Crippen LogP contribution is -2.29. The Bertz CT molecular complexity index is 910. The van der Waals surface area contributed by atoms with E-state index in [0.717, 1.165) is 24.3 Å². The van der Waals surface area contributed by atoms with Crippen LogP contribution in [0.3, 0.4) is 0 Å². The molecule has 0 unspecified atom stereocenters. The summed E-state index contributed by atoms with van der Waals surface area (Å²) in [5, 5.41) is 7.05. The van der Waals surface area contributed by atoms with Crippen molar-refractivity contribution in [3.8, 4) is 11.3 Å². The van der Waals surface area contributed by atoms with E-state index in [0.29, 0.717) is 17.0 Å². The number of rotatable bonds is 4. The number of aromatic nitrogens is 1. The van der Waals surface area contributed by atoms with Crippen LogP contribution < -0.4 is 10.2 Å². The van der Waals surface area contributed by atoms with E-state index in [2.05, 4.69) is 27.5 Å². The Morgan fingerprint density at radius 1 is 1.00 bits per heavy atom. The fourth-order valence-corrected chi connectivity index (χ4v) is 3.53. The molecular formula is C22H23N3O2. The Kier molecular flexibility index (Phi) is 4.92. The van der Waals surface area contributed by atoms with E-state index >= 15 is 0 Å². The summed E-state index contributed by atoms with van der Waals surface area (Å²) >= 11 is 0. The highest BCUT2D eigenvalue weighted by Gasteiger charge is 2.21. The van der Waals surface area contributed by atoms with Gasteiger partial charge in [-0.1, -0.05) is 35.5 Å². The Morgan fingerprint density at radius 3 is 2.41 bits per heavy atom. The average Bonchev–Trinajstić information content (AvgIpc) is 3.11. The van der Waals surface area contributed by atoms with Crippen LogP contribution in [-0.2, 0) is 0 Å². The van der Waals surface area contributed by atoms with Gasteiger partial charge >= 0.3 is 0 Å². The van der Waals surface area contributed by atoms with Crippen molar-refractivity contribution in [2.45, 2.75) is 26.2 Å². The number of carbonyl (C=O) groups is 1. The fraction of sp³-hybridized carbons (Fsp3) is 0.273. The molecule has 2 heterocycles. The van der Waals surface area contributed by atoms with Crippen LogP contribution in [-0.4, -0.2) is 24.2 Å². The molecule has 4 rings (SSSR count). The fourth-order valence-electron chi connectivity index (χ4n) is 3.53. The number of aryl methyl sites for hydroxylation is 1. The number of nitrogens with zero attached hydrogens (tertiary/aromatic N) is 2. The SMILES string of the molecule is Cc1onc(-c2ccccc2)c1C(=O)Nc1ccc(N2CCCCC2)cc1. The van der Waals surface area contributed by atoms with Gasteiger partial charge in [0.2, 0.25) is 0 Å². The Balaban J connectivity index is 1.52. The first-order chi connectivity index (χ1) is 13.2. The quantitative estimate of drug-likeness (QED) is 0.718. The molecule has 0 atom stereocenters. The van der Waals surface area contributed by atoms with Crippen LogP contribution in [0.4, 0.5) is 11.4 Å². The van der Waals surface area contributed by atoms with Crippen molar-refractivity contribution >= 4 is 17.3 Å². The Hall–Kier alpha value is -3.08. The third kappa shape index (κ3) is 3.72. The third-order valence-corrected chi connectivity index (χ3v) is 4.98. The molecule has 5 heteroatoms. The summed E-state index contributed by atoms with van der Waals surface area (Å²) in [6.45, 7) is 3.96. The second kappa shape index (κ2) is 7.66.